The fraction of sp³-hybridized carbons (Fsp3) is 0.333. The van der Waals surface area contributed by atoms with Crippen molar-refractivity contribution in [2.24, 2.45) is 0 Å². The van der Waals surface area contributed by atoms with Crippen LogP contribution in [0.5, 0.6) is 0 Å². The Morgan fingerprint density at radius 2 is 2.13 bits per heavy atom. The molecule has 2 heterocycles. The third-order valence-electron chi connectivity index (χ3n) is 1.88. The summed E-state index contributed by atoms with van der Waals surface area (Å²) < 4.78 is 0. The molecule has 0 spiro atoms. The lowest BCUT2D eigenvalue weighted by Gasteiger charge is -2.13. The van der Waals surface area contributed by atoms with E-state index in [1.807, 2.05) is 37.6 Å². The normalized spacial score (nSPS) is 10.9. The van der Waals surface area contributed by atoms with Crippen LogP contribution in [-0.4, -0.2) is 36.1 Å². The van der Waals surface area contributed by atoms with Gasteiger partial charge in [-0.1, -0.05) is 0 Å². The van der Waals surface area contributed by atoms with Gasteiger partial charge < -0.3 is 10.7 Å². The van der Waals surface area contributed by atoms with Crippen molar-refractivity contribution in [2.45, 2.75) is 0 Å². The average Bonchev–Trinajstić information content (AvgIpc) is 2.64. The highest BCUT2D eigenvalue weighted by molar-refractivity contribution is 7.16. The van der Waals surface area contributed by atoms with E-state index in [1.54, 1.807) is 11.3 Å². The van der Waals surface area contributed by atoms with Gasteiger partial charge in [-0.15, -0.1) is 11.3 Å². The zero-order valence-corrected chi connectivity index (χ0v) is 9.72. The summed E-state index contributed by atoms with van der Waals surface area (Å²) in [6.07, 6.45) is 0. The van der Waals surface area contributed by atoms with Gasteiger partial charge >= 0.3 is 0 Å². The zero-order chi connectivity index (χ0) is 10.8. The van der Waals surface area contributed by atoms with E-state index in [2.05, 4.69) is 20.7 Å². The van der Waals surface area contributed by atoms with Crippen LogP contribution in [0.4, 0.5) is 11.8 Å². The minimum Gasteiger partial charge on any atom is -0.357 e. The molecule has 0 aliphatic heterocycles. The zero-order valence-electron chi connectivity index (χ0n) is 8.90. The van der Waals surface area contributed by atoms with E-state index in [0.29, 0.717) is 5.95 Å². The Morgan fingerprint density at radius 3 is 2.80 bits per heavy atom. The number of fused-ring (bicyclic) bond motifs is 1. The highest BCUT2D eigenvalue weighted by Crippen LogP contribution is 2.26. The van der Waals surface area contributed by atoms with E-state index in [-0.39, 0.29) is 0 Å². The molecule has 2 rings (SSSR count). The first-order valence-corrected chi connectivity index (χ1v) is 5.45. The summed E-state index contributed by atoms with van der Waals surface area (Å²) in [5.41, 5.74) is 3.16. The monoisotopic (exact) mass is 223 g/mol. The molecule has 2 N–H and O–H groups in total. The lowest BCUT2D eigenvalue weighted by atomic mass is 10.4. The molecule has 5 nitrogen and oxygen atoms in total. The van der Waals surface area contributed by atoms with Crippen LogP contribution < -0.4 is 10.7 Å². The molecule has 15 heavy (non-hydrogen) atoms. The summed E-state index contributed by atoms with van der Waals surface area (Å²) in [7, 11) is 5.67. The molecule has 80 valence electrons. The molecule has 6 heteroatoms. The van der Waals surface area contributed by atoms with E-state index in [0.717, 1.165) is 16.0 Å². The van der Waals surface area contributed by atoms with Crippen LogP contribution in [0.1, 0.15) is 0 Å². The van der Waals surface area contributed by atoms with Crippen LogP contribution >= 0.6 is 11.3 Å². The Kier molecular flexibility index (Phi) is 2.70. The number of nitrogens with one attached hydrogen (secondary N) is 2. The Morgan fingerprint density at radius 1 is 1.33 bits per heavy atom. The van der Waals surface area contributed by atoms with Gasteiger partial charge in [0.25, 0.3) is 0 Å². The standard InChI is InChI=1S/C9H13N5S/c1-10-9-11-7(13-14(2)3)6-4-5-15-8(6)12-9/h4-5H,1-3H3,(H2,10,11,12,13). The maximum Gasteiger partial charge on any atom is 0.225 e. The number of nitrogens with zero attached hydrogens (tertiary/aromatic N) is 3. The van der Waals surface area contributed by atoms with Crippen LogP contribution in [0.25, 0.3) is 10.2 Å². The first kappa shape index (κ1) is 10.1. The van der Waals surface area contributed by atoms with E-state index in [1.165, 1.54) is 0 Å². The van der Waals surface area contributed by atoms with Gasteiger partial charge in [-0.2, -0.15) is 4.98 Å². The van der Waals surface area contributed by atoms with Crippen molar-refractivity contribution in [1.29, 1.82) is 0 Å². The summed E-state index contributed by atoms with van der Waals surface area (Å²) in [4.78, 5) is 9.71. The predicted molar refractivity (Wildman–Crippen MR) is 64.3 cm³/mol. The molecule has 2 aromatic rings. The topological polar surface area (TPSA) is 53.1 Å². The van der Waals surface area contributed by atoms with Crippen LogP contribution in [0, 0.1) is 0 Å². The molecular weight excluding hydrogens is 210 g/mol. The fourth-order valence-electron chi connectivity index (χ4n) is 1.26. The number of hydrogen-bond acceptors (Lipinski definition) is 6. The number of hydrogen-bond donors (Lipinski definition) is 2. The maximum atomic E-state index is 4.36. The van der Waals surface area contributed by atoms with Crippen molar-refractivity contribution in [3.8, 4) is 0 Å². The first-order chi connectivity index (χ1) is 7.20. The molecule has 0 atom stereocenters. The molecule has 0 bridgehead atoms. The minimum atomic E-state index is 0.634. The molecule has 0 unspecified atom stereocenters. The summed E-state index contributed by atoms with van der Waals surface area (Å²) in [6, 6.07) is 2.02. The second kappa shape index (κ2) is 4.00. The largest absolute Gasteiger partial charge is 0.357 e. The predicted octanol–water partition coefficient (Wildman–Crippen LogP) is 1.62. The highest BCUT2D eigenvalue weighted by atomic mass is 32.1. The van der Waals surface area contributed by atoms with Crippen LogP contribution in [-0.2, 0) is 0 Å². The molecule has 0 saturated carbocycles. The van der Waals surface area contributed by atoms with Gasteiger partial charge in [-0.3, -0.25) is 0 Å². The van der Waals surface area contributed by atoms with Gasteiger partial charge in [0.05, 0.1) is 5.39 Å². The molecule has 0 saturated heterocycles. The Balaban J connectivity index is 2.53. The van der Waals surface area contributed by atoms with Gasteiger partial charge in [-0.05, 0) is 11.4 Å². The van der Waals surface area contributed by atoms with Gasteiger partial charge in [0.2, 0.25) is 5.95 Å². The maximum absolute atomic E-state index is 4.36. The van der Waals surface area contributed by atoms with E-state index >= 15 is 0 Å². The Labute approximate surface area is 92.1 Å². The number of thiophene rings is 1. The molecule has 0 amide bonds. The molecule has 0 aliphatic rings. The minimum absolute atomic E-state index is 0.634. The molecule has 0 aromatic carbocycles. The average molecular weight is 223 g/mol. The van der Waals surface area contributed by atoms with Gasteiger partial charge in [0.15, 0.2) is 5.82 Å². The second-order valence-electron chi connectivity index (χ2n) is 3.29. The van der Waals surface area contributed by atoms with Crippen molar-refractivity contribution >= 4 is 33.3 Å². The summed E-state index contributed by atoms with van der Waals surface area (Å²) >= 11 is 1.61. The van der Waals surface area contributed by atoms with E-state index < -0.39 is 0 Å². The molecule has 0 radical (unpaired) electrons. The van der Waals surface area contributed by atoms with Crippen molar-refractivity contribution in [3.05, 3.63) is 11.4 Å². The van der Waals surface area contributed by atoms with Gasteiger partial charge in [-0.25, -0.2) is 9.99 Å². The molecule has 0 aliphatic carbocycles. The van der Waals surface area contributed by atoms with Crippen LogP contribution in [0.3, 0.4) is 0 Å². The van der Waals surface area contributed by atoms with Gasteiger partial charge in [0.1, 0.15) is 4.83 Å². The van der Waals surface area contributed by atoms with Crippen LogP contribution in [0.15, 0.2) is 11.4 Å². The van der Waals surface area contributed by atoms with Crippen molar-refractivity contribution in [3.63, 3.8) is 0 Å². The summed E-state index contributed by atoms with van der Waals surface area (Å²) in [6.45, 7) is 0. The Bertz CT molecular complexity index is 464. The lowest BCUT2D eigenvalue weighted by molar-refractivity contribution is 0.493. The summed E-state index contributed by atoms with van der Waals surface area (Å²) in [5, 5.41) is 7.87. The van der Waals surface area contributed by atoms with Crippen molar-refractivity contribution < 1.29 is 0 Å². The van der Waals surface area contributed by atoms with Gasteiger partial charge in [0, 0.05) is 21.1 Å². The highest BCUT2D eigenvalue weighted by Gasteiger charge is 2.07. The quantitative estimate of drug-likeness (QED) is 0.774. The van der Waals surface area contributed by atoms with Crippen molar-refractivity contribution in [2.75, 3.05) is 31.9 Å². The third kappa shape index (κ3) is 2.00. The lowest BCUT2D eigenvalue weighted by Crippen LogP contribution is -2.20. The smallest absolute Gasteiger partial charge is 0.225 e. The summed E-state index contributed by atoms with van der Waals surface area (Å²) in [5.74, 6) is 1.46. The fourth-order valence-corrected chi connectivity index (χ4v) is 2.03. The second-order valence-corrected chi connectivity index (χ2v) is 4.19. The number of hydrazine groups is 1. The number of rotatable bonds is 3. The van der Waals surface area contributed by atoms with E-state index in [4.69, 9.17) is 0 Å². The third-order valence-corrected chi connectivity index (χ3v) is 2.68. The number of anilines is 2. The molecular formula is C9H13N5S. The first-order valence-electron chi connectivity index (χ1n) is 4.57. The van der Waals surface area contributed by atoms with E-state index in [9.17, 15) is 0 Å². The molecule has 0 fully saturated rings. The Hall–Kier alpha value is -1.40. The van der Waals surface area contributed by atoms with Crippen LogP contribution in [0.2, 0.25) is 0 Å². The molecule has 2 aromatic heterocycles. The van der Waals surface area contributed by atoms with Crippen molar-refractivity contribution in [1.82, 2.24) is 15.0 Å². The number of aromatic nitrogens is 2. The SMILES string of the molecule is CNc1nc(NN(C)C)c2ccsc2n1.